The summed E-state index contributed by atoms with van der Waals surface area (Å²) in [5, 5.41) is 0. The van der Waals surface area contributed by atoms with Gasteiger partial charge in [-0.15, -0.1) is 0 Å². The second kappa shape index (κ2) is 10.2. The predicted molar refractivity (Wildman–Crippen MR) is 125 cm³/mol. The second-order valence-electron chi connectivity index (χ2n) is 7.83. The Morgan fingerprint density at radius 2 is 1.39 bits per heavy atom. The highest BCUT2D eigenvalue weighted by Crippen LogP contribution is 2.29. The van der Waals surface area contributed by atoms with Gasteiger partial charge in [0.05, 0.1) is 0 Å². The van der Waals surface area contributed by atoms with Crippen LogP contribution in [-0.2, 0) is 0 Å². The zero-order valence-electron chi connectivity index (χ0n) is 18.0. The largest absolute Gasteiger partial charge is 0.492 e. The molecule has 1 heterocycles. The third-order valence-corrected chi connectivity index (χ3v) is 5.61. The lowest BCUT2D eigenvalue weighted by Gasteiger charge is -2.32. The van der Waals surface area contributed by atoms with E-state index in [4.69, 9.17) is 4.74 Å². The quantitative estimate of drug-likeness (QED) is 0.577. The number of para-hydroxylation sites is 1. The van der Waals surface area contributed by atoms with Crippen LogP contribution in [0.3, 0.4) is 0 Å². The first-order valence-corrected chi connectivity index (χ1v) is 10.8. The van der Waals surface area contributed by atoms with Crippen molar-refractivity contribution in [1.29, 1.82) is 0 Å². The summed E-state index contributed by atoms with van der Waals surface area (Å²) in [4.78, 5) is 19.8. The SMILES string of the molecule is CN1CCN(CCOc2ccc(N(C(=O)c3ccccc3)c3ccccc3)cc2)CC1. The van der Waals surface area contributed by atoms with E-state index in [-0.39, 0.29) is 5.91 Å². The molecule has 1 saturated heterocycles. The molecule has 3 aromatic carbocycles. The summed E-state index contributed by atoms with van der Waals surface area (Å²) in [6.07, 6.45) is 0. The van der Waals surface area contributed by atoms with Gasteiger partial charge in [-0.2, -0.15) is 0 Å². The van der Waals surface area contributed by atoms with Gasteiger partial charge in [-0.25, -0.2) is 0 Å². The standard InChI is InChI=1S/C26H29N3O2/c1-27-16-18-28(19-17-27)20-21-31-25-14-12-24(13-15-25)29(23-10-6-3-7-11-23)26(30)22-8-4-2-5-9-22/h2-15H,16-21H2,1H3. The lowest BCUT2D eigenvalue weighted by atomic mass is 10.1. The van der Waals surface area contributed by atoms with Crippen molar-refractivity contribution in [3.8, 4) is 5.75 Å². The van der Waals surface area contributed by atoms with Crippen molar-refractivity contribution in [2.45, 2.75) is 0 Å². The van der Waals surface area contributed by atoms with Crippen LogP contribution in [0.1, 0.15) is 10.4 Å². The molecule has 0 atom stereocenters. The summed E-state index contributed by atoms with van der Waals surface area (Å²) in [5.74, 6) is 0.758. The van der Waals surface area contributed by atoms with Gasteiger partial charge in [0.2, 0.25) is 0 Å². The molecule has 5 heteroatoms. The topological polar surface area (TPSA) is 36.0 Å². The van der Waals surface area contributed by atoms with E-state index in [9.17, 15) is 4.79 Å². The van der Waals surface area contributed by atoms with Crippen LogP contribution in [0, 0.1) is 0 Å². The molecule has 5 nitrogen and oxygen atoms in total. The average molecular weight is 416 g/mol. The second-order valence-corrected chi connectivity index (χ2v) is 7.83. The minimum Gasteiger partial charge on any atom is -0.492 e. The van der Waals surface area contributed by atoms with E-state index in [1.807, 2.05) is 84.9 Å². The Morgan fingerprint density at radius 1 is 0.806 bits per heavy atom. The fraction of sp³-hybridized carbons (Fsp3) is 0.269. The molecule has 160 valence electrons. The number of ether oxygens (including phenoxy) is 1. The number of benzene rings is 3. The molecule has 0 radical (unpaired) electrons. The van der Waals surface area contributed by atoms with Gasteiger partial charge in [0.1, 0.15) is 12.4 Å². The van der Waals surface area contributed by atoms with Crippen LogP contribution in [0.25, 0.3) is 0 Å². The van der Waals surface area contributed by atoms with Crippen molar-refractivity contribution in [3.05, 3.63) is 90.5 Å². The van der Waals surface area contributed by atoms with Gasteiger partial charge in [-0.3, -0.25) is 14.6 Å². The smallest absolute Gasteiger partial charge is 0.262 e. The Hall–Kier alpha value is -3.15. The zero-order chi connectivity index (χ0) is 21.5. The highest BCUT2D eigenvalue weighted by molar-refractivity contribution is 6.10. The van der Waals surface area contributed by atoms with Gasteiger partial charge in [0.25, 0.3) is 5.91 Å². The van der Waals surface area contributed by atoms with E-state index in [0.29, 0.717) is 12.2 Å². The van der Waals surface area contributed by atoms with Crippen LogP contribution in [0.15, 0.2) is 84.9 Å². The Bertz CT molecular complexity index is 953. The number of carbonyl (C=O) groups excluding carboxylic acids is 1. The first-order valence-electron chi connectivity index (χ1n) is 10.8. The Morgan fingerprint density at radius 3 is 2.03 bits per heavy atom. The zero-order valence-corrected chi connectivity index (χ0v) is 18.0. The number of likely N-dealkylation sites (N-methyl/N-ethyl adjacent to an activating group) is 1. The number of piperazine rings is 1. The van der Waals surface area contributed by atoms with Crippen molar-refractivity contribution >= 4 is 17.3 Å². The fourth-order valence-electron chi connectivity index (χ4n) is 3.73. The van der Waals surface area contributed by atoms with Crippen LogP contribution in [0.2, 0.25) is 0 Å². The molecule has 0 spiro atoms. The molecule has 1 aliphatic rings. The molecule has 1 fully saturated rings. The van der Waals surface area contributed by atoms with Gasteiger partial charge in [0.15, 0.2) is 0 Å². The number of hydrogen-bond donors (Lipinski definition) is 0. The molecule has 0 unspecified atom stereocenters. The maximum atomic E-state index is 13.3. The number of rotatable bonds is 7. The van der Waals surface area contributed by atoms with Crippen LogP contribution >= 0.6 is 0 Å². The van der Waals surface area contributed by atoms with E-state index >= 15 is 0 Å². The van der Waals surface area contributed by atoms with Gasteiger partial charge >= 0.3 is 0 Å². The first kappa shape index (κ1) is 21.1. The number of nitrogens with zero attached hydrogens (tertiary/aromatic N) is 3. The van der Waals surface area contributed by atoms with E-state index < -0.39 is 0 Å². The van der Waals surface area contributed by atoms with Crippen LogP contribution in [0.5, 0.6) is 5.75 Å². The molecule has 0 bridgehead atoms. The number of carbonyl (C=O) groups is 1. The molecule has 0 aliphatic carbocycles. The molecular formula is C26H29N3O2. The molecule has 1 aliphatic heterocycles. The number of hydrogen-bond acceptors (Lipinski definition) is 4. The Balaban J connectivity index is 1.44. The molecule has 4 rings (SSSR count). The van der Waals surface area contributed by atoms with Gasteiger partial charge in [-0.1, -0.05) is 36.4 Å². The highest BCUT2D eigenvalue weighted by atomic mass is 16.5. The van der Waals surface area contributed by atoms with E-state index in [1.165, 1.54) is 0 Å². The minimum atomic E-state index is -0.0597. The monoisotopic (exact) mass is 415 g/mol. The first-order chi connectivity index (χ1) is 15.2. The summed E-state index contributed by atoms with van der Waals surface area (Å²) in [5.41, 5.74) is 2.30. The van der Waals surface area contributed by atoms with Crippen molar-refractivity contribution in [2.24, 2.45) is 0 Å². The van der Waals surface area contributed by atoms with Crippen LogP contribution in [-0.4, -0.2) is 62.1 Å². The maximum Gasteiger partial charge on any atom is 0.262 e. The fourth-order valence-corrected chi connectivity index (χ4v) is 3.73. The number of amides is 1. The maximum absolute atomic E-state index is 13.3. The summed E-state index contributed by atoms with van der Waals surface area (Å²) in [6, 6.07) is 26.8. The van der Waals surface area contributed by atoms with E-state index in [2.05, 4.69) is 16.8 Å². The summed E-state index contributed by atoms with van der Waals surface area (Å²) in [7, 11) is 2.16. The summed E-state index contributed by atoms with van der Waals surface area (Å²) >= 11 is 0. The van der Waals surface area contributed by atoms with Crippen molar-refractivity contribution < 1.29 is 9.53 Å². The molecular weight excluding hydrogens is 386 g/mol. The van der Waals surface area contributed by atoms with Crippen LogP contribution in [0.4, 0.5) is 11.4 Å². The van der Waals surface area contributed by atoms with Crippen molar-refractivity contribution in [2.75, 3.05) is 51.3 Å². The van der Waals surface area contributed by atoms with E-state index in [1.54, 1.807) is 4.90 Å². The Kier molecular flexibility index (Phi) is 6.97. The lowest BCUT2D eigenvalue weighted by molar-refractivity contribution is 0.0999. The van der Waals surface area contributed by atoms with Crippen LogP contribution < -0.4 is 9.64 Å². The third-order valence-electron chi connectivity index (χ3n) is 5.61. The van der Waals surface area contributed by atoms with E-state index in [0.717, 1.165) is 49.8 Å². The van der Waals surface area contributed by atoms with Crippen molar-refractivity contribution in [1.82, 2.24) is 9.80 Å². The Labute approximate surface area is 184 Å². The molecule has 31 heavy (non-hydrogen) atoms. The van der Waals surface area contributed by atoms with Gasteiger partial charge in [0, 0.05) is 49.7 Å². The normalized spacial score (nSPS) is 14.9. The molecule has 0 aromatic heterocycles. The summed E-state index contributed by atoms with van der Waals surface area (Å²) in [6.45, 7) is 5.99. The summed E-state index contributed by atoms with van der Waals surface area (Å²) < 4.78 is 5.96. The molecule has 1 amide bonds. The molecule has 0 saturated carbocycles. The average Bonchev–Trinajstić information content (AvgIpc) is 2.83. The highest BCUT2D eigenvalue weighted by Gasteiger charge is 2.19. The molecule has 3 aromatic rings. The molecule has 0 N–H and O–H groups in total. The van der Waals surface area contributed by atoms with Gasteiger partial charge < -0.3 is 9.64 Å². The minimum absolute atomic E-state index is 0.0597. The van der Waals surface area contributed by atoms with Crippen molar-refractivity contribution in [3.63, 3.8) is 0 Å². The lowest BCUT2D eigenvalue weighted by Crippen LogP contribution is -2.45. The van der Waals surface area contributed by atoms with Gasteiger partial charge in [-0.05, 0) is 55.6 Å². The third kappa shape index (κ3) is 5.51. The number of anilines is 2. The predicted octanol–water partition coefficient (Wildman–Crippen LogP) is 4.29.